The summed E-state index contributed by atoms with van der Waals surface area (Å²) in [5.74, 6) is -1.74. The molecule has 2 aromatic rings. The van der Waals surface area contributed by atoms with Crippen LogP contribution < -0.4 is 20.9 Å². The van der Waals surface area contributed by atoms with Gasteiger partial charge in [0.25, 0.3) is 0 Å². The third kappa shape index (κ3) is 5.61. The van der Waals surface area contributed by atoms with Crippen molar-refractivity contribution >= 4 is 28.9 Å². The Kier molecular flexibility index (Phi) is 6.54. The molecule has 2 aliphatic heterocycles. The van der Waals surface area contributed by atoms with Crippen LogP contribution in [0.2, 0.25) is 0 Å². The van der Waals surface area contributed by atoms with Crippen molar-refractivity contribution in [2.45, 2.75) is 39.7 Å². The first-order valence-electron chi connectivity index (χ1n) is 11.3. The van der Waals surface area contributed by atoms with Crippen LogP contribution in [0.25, 0.3) is 0 Å². The van der Waals surface area contributed by atoms with Gasteiger partial charge in [-0.1, -0.05) is 26.0 Å². The average molecular weight is 457 g/mol. The number of amides is 2. The molecule has 0 aliphatic carbocycles. The van der Waals surface area contributed by atoms with Gasteiger partial charge >= 0.3 is 0 Å². The van der Waals surface area contributed by atoms with Crippen LogP contribution in [0.4, 0.5) is 25.8 Å². The second-order valence-electron chi connectivity index (χ2n) is 9.68. The zero-order chi connectivity index (χ0) is 23.6. The number of anilines is 3. The average Bonchev–Trinajstić information content (AvgIpc) is 3.20. The van der Waals surface area contributed by atoms with Gasteiger partial charge in [-0.2, -0.15) is 0 Å². The van der Waals surface area contributed by atoms with Gasteiger partial charge in [0, 0.05) is 44.0 Å². The molecular weight excluding hydrogens is 426 g/mol. The van der Waals surface area contributed by atoms with Gasteiger partial charge in [0.15, 0.2) is 11.6 Å². The summed E-state index contributed by atoms with van der Waals surface area (Å²) >= 11 is 0. The molecule has 1 unspecified atom stereocenters. The predicted octanol–water partition coefficient (Wildman–Crippen LogP) is 4.09. The minimum atomic E-state index is -0.573. The molecule has 33 heavy (non-hydrogen) atoms. The molecule has 2 saturated heterocycles. The molecule has 2 aliphatic rings. The van der Waals surface area contributed by atoms with E-state index in [0.717, 1.165) is 18.4 Å². The van der Waals surface area contributed by atoms with Gasteiger partial charge in [0.2, 0.25) is 11.8 Å². The fourth-order valence-corrected chi connectivity index (χ4v) is 4.27. The minimum Gasteiger partial charge on any atom is -0.367 e. The summed E-state index contributed by atoms with van der Waals surface area (Å²) < 4.78 is 29.6. The lowest BCUT2D eigenvalue weighted by molar-refractivity contribution is -0.126. The van der Waals surface area contributed by atoms with E-state index >= 15 is 0 Å². The molecule has 2 fully saturated rings. The van der Waals surface area contributed by atoms with Crippen molar-refractivity contribution in [3.8, 4) is 0 Å². The van der Waals surface area contributed by atoms with Crippen LogP contribution in [-0.4, -0.2) is 31.4 Å². The Morgan fingerprint density at radius 1 is 1.09 bits per heavy atom. The summed E-state index contributed by atoms with van der Waals surface area (Å²) in [6.07, 6.45) is 2.01. The summed E-state index contributed by atoms with van der Waals surface area (Å²) in [5.41, 5.74) is 2.15. The topological polar surface area (TPSA) is 73.5 Å². The number of carbonyl (C=O) groups excluding carboxylic acids is 2. The Balaban J connectivity index is 1.35. The van der Waals surface area contributed by atoms with Crippen molar-refractivity contribution < 1.29 is 18.4 Å². The smallest absolute Gasteiger partial charge is 0.225 e. The van der Waals surface area contributed by atoms with E-state index in [0.29, 0.717) is 37.6 Å². The molecule has 4 rings (SSSR count). The highest BCUT2D eigenvalue weighted by Gasteiger charge is 2.29. The van der Waals surface area contributed by atoms with E-state index in [2.05, 4.69) is 29.8 Å². The summed E-state index contributed by atoms with van der Waals surface area (Å²) in [6, 6.07) is 9.89. The maximum Gasteiger partial charge on any atom is 0.225 e. The molecule has 0 spiro atoms. The van der Waals surface area contributed by atoms with Gasteiger partial charge in [-0.25, -0.2) is 8.78 Å². The van der Waals surface area contributed by atoms with Crippen LogP contribution in [0.15, 0.2) is 36.4 Å². The third-order valence-electron chi connectivity index (χ3n) is 6.51. The normalized spacial score (nSPS) is 19.8. The van der Waals surface area contributed by atoms with Gasteiger partial charge in [-0.05, 0) is 48.1 Å². The largest absolute Gasteiger partial charge is 0.367 e. The monoisotopic (exact) mass is 456 g/mol. The zero-order valence-electron chi connectivity index (χ0n) is 19.0. The molecule has 6 nitrogen and oxygen atoms in total. The Hall–Kier alpha value is -3.16. The first-order chi connectivity index (χ1) is 15.7. The SMILES string of the molecule is CC1(C)CCN(c2c(F)cc(Nc3ccc(CNC(=O)C4CNC(=O)C4)cc3)cc2F)CC1. The number of halogens is 2. The van der Waals surface area contributed by atoms with Crippen molar-refractivity contribution in [1.29, 1.82) is 0 Å². The molecular formula is C25H30F2N4O2. The zero-order valence-corrected chi connectivity index (χ0v) is 19.0. The van der Waals surface area contributed by atoms with E-state index in [9.17, 15) is 18.4 Å². The summed E-state index contributed by atoms with van der Waals surface area (Å²) in [7, 11) is 0. The molecule has 2 aromatic carbocycles. The number of piperidine rings is 1. The minimum absolute atomic E-state index is 0.0429. The predicted molar refractivity (Wildman–Crippen MR) is 124 cm³/mol. The number of nitrogens with zero attached hydrogens (tertiary/aromatic N) is 1. The molecule has 0 aromatic heterocycles. The highest BCUT2D eigenvalue weighted by atomic mass is 19.1. The number of hydrogen-bond acceptors (Lipinski definition) is 4. The fourth-order valence-electron chi connectivity index (χ4n) is 4.27. The van der Waals surface area contributed by atoms with Crippen molar-refractivity contribution in [2.24, 2.45) is 11.3 Å². The van der Waals surface area contributed by atoms with E-state index in [-0.39, 0.29) is 35.3 Å². The van der Waals surface area contributed by atoms with Gasteiger partial charge in [-0.15, -0.1) is 0 Å². The highest BCUT2D eigenvalue weighted by molar-refractivity contribution is 5.89. The lowest BCUT2D eigenvalue weighted by Crippen LogP contribution is -2.38. The van der Waals surface area contributed by atoms with Gasteiger partial charge in [0.05, 0.1) is 5.92 Å². The molecule has 0 bridgehead atoms. The van der Waals surface area contributed by atoms with E-state index in [1.165, 1.54) is 12.1 Å². The second kappa shape index (κ2) is 9.37. The molecule has 176 valence electrons. The molecule has 3 N–H and O–H groups in total. The Bertz CT molecular complexity index is 1010. The lowest BCUT2D eigenvalue weighted by atomic mass is 9.82. The lowest BCUT2D eigenvalue weighted by Gasteiger charge is -2.38. The number of carbonyl (C=O) groups is 2. The quantitative estimate of drug-likeness (QED) is 0.612. The molecule has 1 atom stereocenters. The van der Waals surface area contributed by atoms with Crippen LogP contribution >= 0.6 is 0 Å². The van der Waals surface area contributed by atoms with Gasteiger partial charge < -0.3 is 20.9 Å². The number of nitrogens with one attached hydrogen (secondary N) is 3. The van der Waals surface area contributed by atoms with Crippen LogP contribution in [0.1, 0.15) is 38.7 Å². The summed E-state index contributed by atoms with van der Waals surface area (Å²) in [6.45, 7) is 6.35. The first-order valence-corrected chi connectivity index (χ1v) is 11.3. The van der Waals surface area contributed by atoms with E-state index < -0.39 is 11.6 Å². The van der Waals surface area contributed by atoms with E-state index in [1.54, 1.807) is 17.0 Å². The van der Waals surface area contributed by atoms with Crippen molar-refractivity contribution in [3.05, 3.63) is 53.6 Å². The Morgan fingerprint density at radius 3 is 2.30 bits per heavy atom. The number of benzene rings is 2. The molecule has 8 heteroatoms. The van der Waals surface area contributed by atoms with E-state index in [4.69, 9.17) is 0 Å². The number of rotatable bonds is 6. The van der Waals surface area contributed by atoms with Crippen LogP contribution in [0.5, 0.6) is 0 Å². The Morgan fingerprint density at radius 2 is 1.73 bits per heavy atom. The van der Waals surface area contributed by atoms with Crippen molar-refractivity contribution in [2.75, 3.05) is 29.9 Å². The third-order valence-corrected chi connectivity index (χ3v) is 6.51. The Labute approximate surface area is 192 Å². The number of hydrogen-bond donors (Lipinski definition) is 3. The summed E-state index contributed by atoms with van der Waals surface area (Å²) in [4.78, 5) is 25.1. The van der Waals surface area contributed by atoms with Gasteiger partial charge in [-0.3, -0.25) is 9.59 Å². The molecule has 0 saturated carbocycles. The van der Waals surface area contributed by atoms with Crippen molar-refractivity contribution in [3.63, 3.8) is 0 Å². The van der Waals surface area contributed by atoms with Crippen LogP contribution in [0, 0.1) is 23.0 Å². The molecule has 2 amide bonds. The van der Waals surface area contributed by atoms with Crippen LogP contribution in [-0.2, 0) is 16.1 Å². The maximum absolute atomic E-state index is 14.8. The van der Waals surface area contributed by atoms with Gasteiger partial charge in [0.1, 0.15) is 5.69 Å². The highest BCUT2D eigenvalue weighted by Crippen LogP contribution is 2.35. The standard InChI is InChI=1S/C25H30F2N4O2/c1-25(2)7-9-31(10-8-25)23-20(26)12-19(13-21(23)27)30-18-5-3-16(4-6-18)14-29-24(33)17-11-22(32)28-15-17/h3-6,12-13,17,30H,7-11,14-15H2,1-2H3,(H,28,32)(H,29,33). The van der Waals surface area contributed by atoms with Crippen molar-refractivity contribution in [1.82, 2.24) is 10.6 Å². The molecule has 0 radical (unpaired) electrons. The van der Waals surface area contributed by atoms with Crippen LogP contribution in [0.3, 0.4) is 0 Å². The fraction of sp³-hybridized carbons (Fsp3) is 0.440. The second-order valence-corrected chi connectivity index (χ2v) is 9.68. The maximum atomic E-state index is 14.8. The molecule has 2 heterocycles. The summed E-state index contributed by atoms with van der Waals surface area (Å²) in [5, 5.41) is 8.52. The first kappa shape index (κ1) is 23.0. The van der Waals surface area contributed by atoms with E-state index in [1.807, 2.05) is 12.1 Å².